The van der Waals surface area contributed by atoms with Crippen LogP contribution in [0.3, 0.4) is 0 Å². The third-order valence-electron chi connectivity index (χ3n) is 6.00. The summed E-state index contributed by atoms with van der Waals surface area (Å²) in [7, 11) is 0. The fourth-order valence-corrected chi connectivity index (χ4v) is 5.48. The molecule has 156 valence electrons. The van der Waals surface area contributed by atoms with E-state index >= 15 is 0 Å². The maximum absolute atomic E-state index is 14.0. The van der Waals surface area contributed by atoms with Crippen LogP contribution in [0, 0.1) is 0 Å². The van der Waals surface area contributed by atoms with Gasteiger partial charge in [-0.2, -0.15) is 0 Å². The molecule has 0 aliphatic heterocycles. The number of hydrogen-bond donors (Lipinski definition) is 0. The molecule has 3 rings (SSSR count). The van der Waals surface area contributed by atoms with Gasteiger partial charge in [0, 0.05) is 6.61 Å². The third kappa shape index (κ3) is 4.61. The summed E-state index contributed by atoms with van der Waals surface area (Å²) >= 11 is 2.38. The first kappa shape index (κ1) is 22.5. The lowest BCUT2D eigenvalue weighted by Gasteiger charge is -2.32. The largest absolute Gasteiger partial charge is 0.380 e. The van der Waals surface area contributed by atoms with E-state index in [1.165, 1.54) is 36.8 Å². The second-order valence-corrected chi connectivity index (χ2v) is 9.59. The first-order chi connectivity index (χ1) is 14.2. The van der Waals surface area contributed by atoms with E-state index in [1.54, 1.807) is 0 Å². The summed E-state index contributed by atoms with van der Waals surface area (Å²) < 4.78 is 6.09. The van der Waals surface area contributed by atoms with Crippen molar-refractivity contribution < 1.29 is 9.53 Å². The normalized spacial score (nSPS) is 15.0. The molecule has 0 bridgehead atoms. The highest BCUT2D eigenvalue weighted by Gasteiger charge is 2.50. The van der Waals surface area contributed by atoms with Crippen LogP contribution in [-0.2, 0) is 14.9 Å². The van der Waals surface area contributed by atoms with Gasteiger partial charge in [0.1, 0.15) is 5.41 Å². The van der Waals surface area contributed by atoms with Gasteiger partial charge in [-0.25, -0.2) is 0 Å². The molecule has 0 aromatic heterocycles. The van der Waals surface area contributed by atoms with E-state index < -0.39 is 5.41 Å². The van der Waals surface area contributed by atoms with Crippen molar-refractivity contribution in [1.82, 2.24) is 0 Å². The van der Waals surface area contributed by atoms with Gasteiger partial charge in [-0.1, -0.05) is 117 Å². The van der Waals surface area contributed by atoms with Gasteiger partial charge in [0.15, 0.2) is 5.78 Å². The molecule has 0 saturated heterocycles. The summed E-state index contributed by atoms with van der Waals surface area (Å²) in [4.78, 5) is 14.0. The van der Waals surface area contributed by atoms with E-state index in [1.807, 2.05) is 0 Å². The maximum Gasteiger partial charge on any atom is 0.162 e. The summed E-state index contributed by atoms with van der Waals surface area (Å²) in [5.41, 5.74) is 3.92. The van der Waals surface area contributed by atoms with E-state index in [0.29, 0.717) is 19.0 Å². The van der Waals surface area contributed by atoms with Crippen molar-refractivity contribution in [2.24, 2.45) is 0 Å². The zero-order valence-corrected chi connectivity index (χ0v) is 19.9. The second kappa shape index (κ2) is 10.7. The highest BCUT2D eigenvalue weighted by molar-refractivity contribution is 14.1. The van der Waals surface area contributed by atoms with Crippen LogP contribution in [0.2, 0.25) is 0 Å². The van der Waals surface area contributed by atoms with Crippen LogP contribution in [-0.4, -0.2) is 22.9 Å². The minimum absolute atomic E-state index is 0.00124. The molecule has 0 saturated carbocycles. The Labute approximate surface area is 189 Å². The van der Waals surface area contributed by atoms with Gasteiger partial charge in [-0.3, -0.25) is 4.79 Å². The van der Waals surface area contributed by atoms with Gasteiger partial charge in [0.2, 0.25) is 0 Å². The average molecular weight is 504 g/mol. The number of Topliss-reactive ketones (excluding diaryl/α,β-unsaturated/α-hetero) is 1. The number of carbonyl (C=O) groups excluding carboxylic acids is 1. The molecule has 2 nitrogen and oxygen atoms in total. The Hall–Kier alpha value is -1.20. The molecule has 1 aliphatic rings. The SMILES string of the molecule is CCCCCCCC(I)C(=O)C1(COCCC)c2ccccc2-c2ccccc21. The molecule has 0 heterocycles. The van der Waals surface area contributed by atoms with E-state index in [-0.39, 0.29) is 3.92 Å². The summed E-state index contributed by atoms with van der Waals surface area (Å²) in [5.74, 6) is 0.307. The average Bonchev–Trinajstić information content (AvgIpc) is 3.04. The van der Waals surface area contributed by atoms with Crippen LogP contribution in [0.1, 0.15) is 69.9 Å². The predicted molar refractivity (Wildman–Crippen MR) is 130 cm³/mol. The van der Waals surface area contributed by atoms with Gasteiger partial charge in [0.25, 0.3) is 0 Å². The first-order valence-corrected chi connectivity index (χ1v) is 12.4. The quantitative estimate of drug-likeness (QED) is 0.175. The van der Waals surface area contributed by atoms with Crippen LogP contribution in [0.5, 0.6) is 0 Å². The van der Waals surface area contributed by atoms with Crippen molar-refractivity contribution in [1.29, 1.82) is 0 Å². The summed E-state index contributed by atoms with van der Waals surface area (Å²) in [6.45, 7) is 5.47. The molecule has 1 unspecified atom stereocenters. The highest BCUT2D eigenvalue weighted by Crippen LogP contribution is 2.50. The minimum Gasteiger partial charge on any atom is -0.380 e. The van der Waals surface area contributed by atoms with E-state index in [2.05, 4.69) is 85.0 Å². The van der Waals surface area contributed by atoms with E-state index in [9.17, 15) is 4.79 Å². The molecular formula is C26H33IO2. The zero-order valence-electron chi connectivity index (χ0n) is 17.8. The number of hydrogen-bond acceptors (Lipinski definition) is 2. The van der Waals surface area contributed by atoms with Crippen molar-refractivity contribution in [2.75, 3.05) is 13.2 Å². The van der Waals surface area contributed by atoms with Crippen molar-refractivity contribution in [2.45, 2.75) is 68.1 Å². The number of benzene rings is 2. The Bertz CT molecular complexity index is 768. The summed E-state index contributed by atoms with van der Waals surface area (Å²) in [5, 5.41) is 0. The lowest BCUT2D eigenvalue weighted by atomic mass is 9.73. The highest BCUT2D eigenvalue weighted by atomic mass is 127. The van der Waals surface area contributed by atoms with Gasteiger partial charge in [0.05, 0.1) is 10.5 Å². The Kier molecular flexibility index (Phi) is 8.31. The van der Waals surface area contributed by atoms with Crippen LogP contribution in [0.4, 0.5) is 0 Å². The van der Waals surface area contributed by atoms with E-state index in [4.69, 9.17) is 4.74 Å². The Morgan fingerprint density at radius 3 is 2.07 bits per heavy atom. The smallest absolute Gasteiger partial charge is 0.162 e. The molecular weight excluding hydrogens is 471 g/mol. The number of halogens is 1. The molecule has 0 radical (unpaired) electrons. The molecule has 2 aromatic carbocycles. The molecule has 1 atom stereocenters. The number of fused-ring (bicyclic) bond motifs is 3. The van der Waals surface area contributed by atoms with Crippen LogP contribution in [0.25, 0.3) is 11.1 Å². The monoisotopic (exact) mass is 504 g/mol. The Morgan fingerprint density at radius 2 is 1.48 bits per heavy atom. The van der Waals surface area contributed by atoms with Gasteiger partial charge >= 0.3 is 0 Å². The van der Waals surface area contributed by atoms with E-state index in [0.717, 1.165) is 30.4 Å². The molecule has 29 heavy (non-hydrogen) atoms. The summed E-state index contributed by atoms with van der Waals surface area (Å²) in [6, 6.07) is 16.8. The van der Waals surface area contributed by atoms with Gasteiger partial charge in [-0.15, -0.1) is 0 Å². The van der Waals surface area contributed by atoms with Crippen LogP contribution >= 0.6 is 22.6 Å². The molecule has 0 spiro atoms. The summed E-state index contributed by atoms with van der Waals surface area (Å²) in [6.07, 6.45) is 8.04. The fraction of sp³-hybridized carbons (Fsp3) is 0.500. The molecule has 1 aliphatic carbocycles. The van der Waals surface area contributed by atoms with Crippen LogP contribution < -0.4 is 0 Å². The third-order valence-corrected chi connectivity index (χ3v) is 7.19. The topological polar surface area (TPSA) is 26.3 Å². The number of alkyl halides is 1. The lowest BCUT2D eigenvalue weighted by Crippen LogP contribution is -2.44. The van der Waals surface area contributed by atoms with Crippen molar-refractivity contribution in [3.05, 3.63) is 59.7 Å². The number of ketones is 1. The Morgan fingerprint density at radius 1 is 0.897 bits per heavy atom. The van der Waals surface area contributed by atoms with Gasteiger partial charge in [-0.05, 0) is 35.1 Å². The molecule has 2 aromatic rings. The number of carbonyl (C=O) groups is 1. The minimum atomic E-state index is -0.683. The lowest BCUT2D eigenvalue weighted by molar-refractivity contribution is -0.124. The van der Waals surface area contributed by atoms with Gasteiger partial charge < -0.3 is 4.74 Å². The number of ether oxygens (including phenoxy) is 1. The van der Waals surface area contributed by atoms with Crippen molar-refractivity contribution in [3.8, 4) is 11.1 Å². The zero-order chi connectivity index (χ0) is 20.7. The Balaban J connectivity index is 1.93. The fourth-order valence-electron chi connectivity index (χ4n) is 4.51. The van der Waals surface area contributed by atoms with Crippen LogP contribution in [0.15, 0.2) is 48.5 Å². The predicted octanol–water partition coefficient (Wildman–Crippen LogP) is 7.11. The second-order valence-electron chi connectivity index (χ2n) is 8.08. The maximum atomic E-state index is 14.0. The molecule has 3 heteroatoms. The first-order valence-electron chi connectivity index (χ1n) is 11.1. The molecule has 0 amide bonds. The van der Waals surface area contributed by atoms with Crippen molar-refractivity contribution in [3.63, 3.8) is 0 Å². The van der Waals surface area contributed by atoms with Crippen molar-refractivity contribution >= 4 is 28.4 Å². The standard InChI is InChI=1S/C26H33IO2/c1-3-5-6-7-8-17-24(27)25(28)26(19-29-18-4-2)22-15-11-9-13-20(22)21-14-10-12-16-23(21)26/h9-16,24H,3-8,17-19H2,1-2H3. The molecule has 0 fully saturated rings. The number of unbranched alkanes of at least 4 members (excludes halogenated alkanes) is 4. The number of rotatable bonds is 12. The molecule has 0 N–H and O–H groups in total.